The van der Waals surface area contributed by atoms with Crippen LogP contribution in [-0.2, 0) is 0 Å². The molecule has 6 heteroatoms. The van der Waals surface area contributed by atoms with Crippen molar-refractivity contribution in [3.05, 3.63) is 72.8 Å². The molecule has 1 heterocycles. The van der Waals surface area contributed by atoms with Gasteiger partial charge in [-0.25, -0.2) is 4.98 Å². The predicted molar refractivity (Wildman–Crippen MR) is 107 cm³/mol. The maximum atomic E-state index is 8.73. The SMILES string of the molecule is N#CC(C#N)=NNc1ccc2oc(-c3ccc(-c4ccccc4)cc3)nc2c1. The van der Waals surface area contributed by atoms with Crippen LogP contribution in [0, 0.1) is 22.7 Å². The Bertz CT molecular complexity index is 1230. The van der Waals surface area contributed by atoms with Gasteiger partial charge in [-0.15, -0.1) is 0 Å². The van der Waals surface area contributed by atoms with Crippen molar-refractivity contribution < 1.29 is 4.42 Å². The van der Waals surface area contributed by atoms with Gasteiger partial charge in [0.1, 0.15) is 17.7 Å². The number of hydrogen-bond acceptors (Lipinski definition) is 6. The van der Waals surface area contributed by atoms with Gasteiger partial charge in [0.2, 0.25) is 11.6 Å². The summed E-state index contributed by atoms with van der Waals surface area (Å²) < 4.78 is 5.84. The third kappa shape index (κ3) is 3.44. The minimum atomic E-state index is -0.251. The van der Waals surface area contributed by atoms with E-state index in [9.17, 15) is 0 Å². The van der Waals surface area contributed by atoms with Crippen molar-refractivity contribution in [2.24, 2.45) is 5.10 Å². The van der Waals surface area contributed by atoms with E-state index in [0.717, 1.165) is 16.7 Å². The smallest absolute Gasteiger partial charge is 0.237 e. The molecule has 0 saturated carbocycles. The number of oxazole rings is 1. The van der Waals surface area contributed by atoms with Crippen LogP contribution in [0.15, 0.2) is 82.3 Å². The number of hydrogen-bond donors (Lipinski definition) is 1. The standard InChI is InChI=1S/C22H13N5O/c23-13-19(14-24)27-26-18-10-11-21-20(12-18)25-22(28-21)17-8-6-16(7-9-17)15-4-2-1-3-5-15/h1-12,26H. The summed E-state index contributed by atoms with van der Waals surface area (Å²) in [6.07, 6.45) is 0. The van der Waals surface area contributed by atoms with Gasteiger partial charge in [-0.3, -0.25) is 5.43 Å². The molecule has 0 radical (unpaired) electrons. The predicted octanol–water partition coefficient (Wildman–Crippen LogP) is 4.98. The molecule has 6 nitrogen and oxygen atoms in total. The number of fused-ring (bicyclic) bond motifs is 1. The Morgan fingerprint density at radius 2 is 1.54 bits per heavy atom. The Morgan fingerprint density at radius 3 is 2.25 bits per heavy atom. The highest BCUT2D eigenvalue weighted by Crippen LogP contribution is 2.28. The van der Waals surface area contributed by atoms with Gasteiger partial charge in [-0.05, 0) is 41.5 Å². The summed E-state index contributed by atoms with van der Waals surface area (Å²) in [6.45, 7) is 0. The van der Waals surface area contributed by atoms with E-state index in [1.807, 2.05) is 42.5 Å². The molecule has 0 bridgehead atoms. The molecule has 0 unspecified atom stereocenters. The lowest BCUT2D eigenvalue weighted by Crippen LogP contribution is -1.95. The molecule has 0 aliphatic rings. The number of aromatic nitrogens is 1. The molecule has 4 rings (SSSR count). The first-order valence-corrected chi connectivity index (χ1v) is 8.47. The second kappa shape index (κ2) is 7.45. The first-order valence-electron chi connectivity index (χ1n) is 8.47. The van der Waals surface area contributed by atoms with Gasteiger partial charge in [-0.2, -0.15) is 15.6 Å². The van der Waals surface area contributed by atoms with Gasteiger partial charge in [0.25, 0.3) is 0 Å². The lowest BCUT2D eigenvalue weighted by atomic mass is 10.0. The van der Waals surface area contributed by atoms with Gasteiger partial charge in [-0.1, -0.05) is 42.5 Å². The van der Waals surface area contributed by atoms with Gasteiger partial charge < -0.3 is 4.42 Å². The second-order valence-electron chi connectivity index (χ2n) is 5.94. The second-order valence-corrected chi connectivity index (χ2v) is 5.94. The van der Waals surface area contributed by atoms with Gasteiger partial charge >= 0.3 is 0 Å². The minimum absolute atomic E-state index is 0.251. The van der Waals surface area contributed by atoms with Crippen molar-refractivity contribution in [2.45, 2.75) is 0 Å². The Hall–Kier alpha value is -4.42. The topological polar surface area (TPSA) is 98.0 Å². The fraction of sp³-hybridized carbons (Fsp3) is 0. The van der Waals surface area contributed by atoms with Crippen LogP contribution in [0.1, 0.15) is 0 Å². The third-order valence-corrected chi connectivity index (χ3v) is 4.14. The molecular weight excluding hydrogens is 350 g/mol. The zero-order valence-corrected chi connectivity index (χ0v) is 14.6. The number of rotatable bonds is 4. The summed E-state index contributed by atoms with van der Waals surface area (Å²) >= 11 is 0. The Labute approximate surface area is 161 Å². The lowest BCUT2D eigenvalue weighted by molar-refractivity contribution is 0.620. The van der Waals surface area contributed by atoms with Crippen molar-refractivity contribution in [3.8, 4) is 34.7 Å². The monoisotopic (exact) mass is 363 g/mol. The van der Waals surface area contributed by atoms with E-state index in [-0.39, 0.29) is 5.71 Å². The molecule has 0 aliphatic heterocycles. The van der Waals surface area contributed by atoms with Crippen LogP contribution in [-0.4, -0.2) is 10.7 Å². The van der Waals surface area contributed by atoms with Crippen molar-refractivity contribution in [1.82, 2.24) is 4.98 Å². The van der Waals surface area contributed by atoms with Crippen LogP contribution in [0.3, 0.4) is 0 Å². The summed E-state index contributed by atoms with van der Waals surface area (Å²) in [5.74, 6) is 0.519. The highest BCUT2D eigenvalue weighted by atomic mass is 16.3. The third-order valence-electron chi connectivity index (χ3n) is 4.14. The zero-order valence-electron chi connectivity index (χ0n) is 14.6. The number of nitrogens with one attached hydrogen (secondary N) is 1. The van der Waals surface area contributed by atoms with E-state index in [1.165, 1.54) is 0 Å². The fourth-order valence-electron chi connectivity index (χ4n) is 2.75. The molecule has 0 saturated heterocycles. The first kappa shape index (κ1) is 17.0. The molecule has 1 aromatic heterocycles. The maximum absolute atomic E-state index is 8.73. The molecule has 3 aromatic carbocycles. The molecule has 0 amide bonds. The number of benzene rings is 3. The average molecular weight is 363 g/mol. The van der Waals surface area contributed by atoms with Crippen LogP contribution < -0.4 is 5.43 Å². The maximum Gasteiger partial charge on any atom is 0.237 e. The largest absolute Gasteiger partial charge is 0.436 e. The van der Waals surface area contributed by atoms with Crippen molar-refractivity contribution >= 4 is 22.5 Å². The summed E-state index contributed by atoms with van der Waals surface area (Å²) in [5, 5.41) is 21.2. The first-order chi connectivity index (χ1) is 13.8. The zero-order chi connectivity index (χ0) is 19.3. The van der Waals surface area contributed by atoms with Crippen molar-refractivity contribution in [3.63, 3.8) is 0 Å². The van der Waals surface area contributed by atoms with Crippen LogP contribution in [0.2, 0.25) is 0 Å². The molecule has 28 heavy (non-hydrogen) atoms. The molecule has 0 aliphatic carbocycles. The number of nitrogens with zero attached hydrogens (tertiary/aromatic N) is 4. The summed E-state index contributed by atoms with van der Waals surface area (Å²) in [7, 11) is 0. The van der Waals surface area contributed by atoms with Crippen LogP contribution >= 0.6 is 0 Å². The van der Waals surface area contributed by atoms with Crippen LogP contribution in [0.4, 0.5) is 5.69 Å². The van der Waals surface area contributed by atoms with Crippen molar-refractivity contribution in [2.75, 3.05) is 5.43 Å². The molecule has 0 spiro atoms. The van der Waals surface area contributed by atoms with Gasteiger partial charge in [0.05, 0.1) is 5.69 Å². The molecular formula is C22H13N5O. The molecule has 0 atom stereocenters. The molecule has 0 fully saturated rings. The summed E-state index contributed by atoms with van der Waals surface area (Å²) in [6, 6.07) is 26.8. The quantitative estimate of drug-likeness (QED) is 0.407. The number of hydrazone groups is 1. The van der Waals surface area contributed by atoms with Crippen LogP contribution in [0.25, 0.3) is 33.7 Å². The molecule has 4 aromatic rings. The molecule has 1 N–H and O–H groups in total. The summed E-state index contributed by atoms with van der Waals surface area (Å²) in [4.78, 5) is 4.53. The fourth-order valence-corrected chi connectivity index (χ4v) is 2.75. The van der Waals surface area contributed by atoms with Gasteiger partial charge in [0.15, 0.2) is 5.58 Å². The van der Waals surface area contributed by atoms with Crippen molar-refractivity contribution in [1.29, 1.82) is 10.5 Å². The Balaban J connectivity index is 1.60. The highest BCUT2D eigenvalue weighted by molar-refractivity contribution is 6.10. The number of nitriles is 2. The lowest BCUT2D eigenvalue weighted by Gasteiger charge is -2.02. The molecule has 132 valence electrons. The Morgan fingerprint density at radius 1 is 0.857 bits per heavy atom. The van der Waals surface area contributed by atoms with Gasteiger partial charge in [0, 0.05) is 5.56 Å². The van der Waals surface area contributed by atoms with E-state index >= 15 is 0 Å². The van der Waals surface area contributed by atoms with E-state index in [1.54, 1.807) is 30.3 Å². The highest BCUT2D eigenvalue weighted by Gasteiger charge is 2.09. The van der Waals surface area contributed by atoms with E-state index < -0.39 is 0 Å². The minimum Gasteiger partial charge on any atom is -0.436 e. The number of anilines is 1. The van der Waals surface area contributed by atoms with E-state index in [2.05, 4.69) is 27.6 Å². The van der Waals surface area contributed by atoms with E-state index in [0.29, 0.717) is 22.7 Å². The Kier molecular flexibility index (Phi) is 4.53. The van der Waals surface area contributed by atoms with E-state index in [4.69, 9.17) is 14.9 Å². The normalized spacial score (nSPS) is 10.1. The van der Waals surface area contributed by atoms with Crippen LogP contribution in [0.5, 0.6) is 0 Å². The average Bonchev–Trinajstić information content (AvgIpc) is 3.19. The summed E-state index contributed by atoms with van der Waals surface area (Å²) in [5.41, 5.74) is 7.46.